The summed E-state index contributed by atoms with van der Waals surface area (Å²) in [7, 11) is 0. The molecule has 1 unspecified atom stereocenters. The second-order valence-corrected chi connectivity index (χ2v) is 5.18. The Kier molecular flexibility index (Phi) is 4.47. The molecular formula is C14H12Cl2N2O2. The summed E-state index contributed by atoms with van der Waals surface area (Å²) in [6.45, 7) is 1.91. The third-order valence-corrected chi connectivity index (χ3v) is 3.44. The minimum absolute atomic E-state index is 0.0411. The summed E-state index contributed by atoms with van der Waals surface area (Å²) in [4.78, 5) is 10.3. The molecule has 2 aromatic carbocycles. The van der Waals surface area contributed by atoms with E-state index in [1.807, 2.05) is 6.92 Å². The van der Waals surface area contributed by atoms with Crippen LogP contribution in [0, 0.1) is 10.1 Å². The monoisotopic (exact) mass is 310 g/mol. The lowest BCUT2D eigenvalue weighted by atomic mass is 10.1. The van der Waals surface area contributed by atoms with Crippen molar-refractivity contribution in [1.29, 1.82) is 0 Å². The first-order chi connectivity index (χ1) is 9.47. The molecule has 0 saturated heterocycles. The molecule has 0 heterocycles. The average molecular weight is 311 g/mol. The van der Waals surface area contributed by atoms with E-state index in [9.17, 15) is 10.1 Å². The quantitative estimate of drug-likeness (QED) is 0.633. The Labute approximate surface area is 126 Å². The summed E-state index contributed by atoms with van der Waals surface area (Å²) in [5.74, 6) is 0. The number of hydrogen-bond acceptors (Lipinski definition) is 3. The van der Waals surface area contributed by atoms with E-state index in [-0.39, 0.29) is 11.7 Å². The molecule has 0 spiro atoms. The van der Waals surface area contributed by atoms with Crippen molar-refractivity contribution in [3.05, 3.63) is 68.2 Å². The van der Waals surface area contributed by atoms with E-state index in [4.69, 9.17) is 23.2 Å². The summed E-state index contributed by atoms with van der Waals surface area (Å²) >= 11 is 12.1. The number of anilines is 1. The van der Waals surface area contributed by atoms with Crippen molar-refractivity contribution in [3.8, 4) is 0 Å². The summed E-state index contributed by atoms with van der Waals surface area (Å²) in [6, 6.07) is 11.4. The number of hydrogen-bond donors (Lipinski definition) is 1. The summed E-state index contributed by atoms with van der Waals surface area (Å²) < 4.78 is 0. The first kappa shape index (κ1) is 14.6. The predicted molar refractivity (Wildman–Crippen MR) is 81.6 cm³/mol. The fourth-order valence-corrected chi connectivity index (χ4v) is 2.35. The van der Waals surface area contributed by atoms with Gasteiger partial charge in [-0.25, -0.2) is 0 Å². The zero-order chi connectivity index (χ0) is 14.7. The Hall–Kier alpha value is -1.78. The first-order valence-electron chi connectivity index (χ1n) is 5.93. The molecule has 0 radical (unpaired) electrons. The van der Waals surface area contributed by atoms with Gasteiger partial charge in [0.05, 0.1) is 11.0 Å². The van der Waals surface area contributed by atoms with E-state index in [2.05, 4.69) is 5.32 Å². The highest BCUT2D eigenvalue weighted by molar-refractivity contribution is 6.33. The molecule has 0 amide bonds. The molecule has 104 valence electrons. The van der Waals surface area contributed by atoms with Crippen LogP contribution in [0.15, 0.2) is 42.5 Å². The van der Waals surface area contributed by atoms with Gasteiger partial charge in [0, 0.05) is 27.9 Å². The van der Waals surface area contributed by atoms with Gasteiger partial charge >= 0.3 is 0 Å². The summed E-state index contributed by atoms with van der Waals surface area (Å²) in [5, 5.41) is 15.1. The van der Waals surface area contributed by atoms with Gasteiger partial charge < -0.3 is 5.32 Å². The second-order valence-electron chi connectivity index (χ2n) is 4.34. The van der Waals surface area contributed by atoms with Crippen molar-refractivity contribution in [3.63, 3.8) is 0 Å². The number of nitro groups is 1. The summed E-state index contributed by atoms with van der Waals surface area (Å²) in [6.07, 6.45) is 0. The molecule has 2 rings (SSSR count). The van der Waals surface area contributed by atoms with Crippen LogP contribution >= 0.6 is 23.2 Å². The molecule has 0 fully saturated rings. The normalized spacial score (nSPS) is 11.9. The van der Waals surface area contributed by atoms with Crippen LogP contribution < -0.4 is 5.32 Å². The third kappa shape index (κ3) is 3.40. The van der Waals surface area contributed by atoms with Crippen LogP contribution in [0.25, 0.3) is 0 Å². The largest absolute Gasteiger partial charge is 0.378 e. The van der Waals surface area contributed by atoms with Crippen molar-refractivity contribution in [2.45, 2.75) is 13.0 Å². The van der Waals surface area contributed by atoms with Crippen LogP contribution in [0.2, 0.25) is 10.0 Å². The number of nitrogens with zero attached hydrogens (tertiary/aromatic N) is 1. The van der Waals surface area contributed by atoms with Crippen LogP contribution in [-0.2, 0) is 0 Å². The SMILES string of the molecule is CC(Nc1cccc([N+](=O)[O-])c1)c1cc(Cl)ccc1Cl. The van der Waals surface area contributed by atoms with Gasteiger partial charge in [0.2, 0.25) is 0 Å². The van der Waals surface area contributed by atoms with Gasteiger partial charge in [-0.05, 0) is 36.8 Å². The number of benzene rings is 2. The van der Waals surface area contributed by atoms with Crippen molar-refractivity contribution < 1.29 is 4.92 Å². The van der Waals surface area contributed by atoms with Gasteiger partial charge in [-0.2, -0.15) is 0 Å². The third-order valence-electron chi connectivity index (χ3n) is 2.86. The molecule has 1 N–H and O–H groups in total. The van der Waals surface area contributed by atoms with Gasteiger partial charge in [-0.1, -0.05) is 29.3 Å². The van der Waals surface area contributed by atoms with E-state index >= 15 is 0 Å². The minimum atomic E-state index is -0.428. The van der Waals surface area contributed by atoms with Crippen LogP contribution in [-0.4, -0.2) is 4.92 Å². The Morgan fingerprint density at radius 2 is 1.95 bits per heavy atom. The topological polar surface area (TPSA) is 55.2 Å². The zero-order valence-corrected chi connectivity index (χ0v) is 12.2. The van der Waals surface area contributed by atoms with Gasteiger partial charge in [-0.3, -0.25) is 10.1 Å². The molecule has 4 nitrogen and oxygen atoms in total. The average Bonchev–Trinajstić information content (AvgIpc) is 2.41. The maximum absolute atomic E-state index is 10.7. The predicted octanol–water partition coefficient (Wildman–Crippen LogP) is 5.07. The number of non-ortho nitro benzene ring substituents is 1. The van der Waals surface area contributed by atoms with Crippen molar-refractivity contribution in [2.24, 2.45) is 0 Å². The Balaban J connectivity index is 2.23. The Bertz CT molecular complexity index is 647. The molecule has 2 aromatic rings. The minimum Gasteiger partial charge on any atom is -0.378 e. The molecule has 0 bridgehead atoms. The Morgan fingerprint density at radius 3 is 2.65 bits per heavy atom. The van der Waals surface area contributed by atoms with Gasteiger partial charge in [0.15, 0.2) is 0 Å². The number of nitro benzene ring substituents is 1. The molecule has 0 saturated carbocycles. The first-order valence-corrected chi connectivity index (χ1v) is 6.69. The van der Waals surface area contributed by atoms with E-state index in [1.165, 1.54) is 12.1 Å². The molecule has 0 aromatic heterocycles. The number of halogens is 2. The maximum atomic E-state index is 10.7. The molecule has 0 aliphatic rings. The van der Waals surface area contributed by atoms with Crippen LogP contribution in [0.5, 0.6) is 0 Å². The molecule has 0 aliphatic heterocycles. The molecular weight excluding hydrogens is 299 g/mol. The van der Waals surface area contributed by atoms with Crippen molar-refractivity contribution >= 4 is 34.6 Å². The standard InChI is InChI=1S/C14H12Cl2N2O2/c1-9(13-7-10(15)5-6-14(13)16)17-11-3-2-4-12(8-11)18(19)20/h2-9,17H,1H3. The molecule has 20 heavy (non-hydrogen) atoms. The van der Waals surface area contributed by atoms with Crippen molar-refractivity contribution in [1.82, 2.24) is 0 Å². The van der Waals surface area contributed by atoms with E-state index in [0.29, 0.717) is 15.7 Å². The van der Waals surface area contributed by atoms with E-state index < -0.39 is 4.92 Å². The fourth-order valence-electron chi connectivity index (χ4n) is 1.88. The second kappa shape index (κ2) is 6.11. The highest BCUT2D eigenvalue weighted by atomic mass is 35.5. The smallest absolute Gasteiger partial charge is 0.271 e. The lowest BCUT2D eigenvalue weighted by Crippen LogP contribution is -2.07. The summed E-state index contributed by atoms with van der Waals surface area (Å²) in [5.41, 5.74) is 1.54. The van der Waals surface area contributed by atoms with E-state index in [1.54, 1.807) is 30.3 Å². The van der Waals surface area contributed by atoms with Crippen LogP contribution in [0.3, 0.4) is 0 Å². The van der Waals surface area contributed by atoms with Gasteiger partial charge in [0.1, 0.15) is 0 Å². The highest BCUT2D eigenvalue weighted by Crippen LogP contribution is 2.29. The lowest BCUT2D eigenvalue weighted by Gasteiger charge is -2.17. The number of nitrogens with one attached hydrogen (secondary N) is 1. The van der Waals surface area contributed by atoms with Gasteiger partial charge in [-0.15, -0.1) is 0 Å². The maximum Gasteiger partial charge on any atom is 0.271 e. The molecule has 0 aliphatic carbocycles. The highest BCUT2D eigenvalue weighted by Gasteiger charge is 2.12. The molecule has 1 atom stereocenters. The van der Waals surface area contributed by atoms with Crippen molar-refractivity contribution in [2.75, 3.05) is 5.32 Å². The zero-order valence-electron chi connectivity index (χ0n) is 10.6. The fraction of sp³-hybridized carbons (Fsp3) is 0.143. The van der Waals surface area contributed by atoms with Gasteiger partial charge in [0.25, 0.3) is 5.69 Å². The molecule has 6 heteroatoms. The number of rotatable bonds is 4. The lowest BCUT2D eigenvalue weighted by molar-refractivity contribution is -0.384. The van der Waals surface area contributed by atoms with E-state index in [0.717, 1.165) is 5.56 Å². The Morgan fingerprint density at radius 1 is 1.20 bits per heavy atom. The van der Waals surface area contributed by atoms with Crippen LogP contribution in [0.4, 0.5) is 11.4 Å². The van der Waals surface area contributed by atoms with Crippen LogP contribution in [0.1, 0.15) is 18.5 Å².